The largest absolute Gasteiger partial charge is 0.469 e. The zero-order valence-corrected chi connectivity index (χ0v) is 11.5. The van der Waals surface area contributed by atoms with Gasteiger partial charge in [-0.25, -0.2) is 0 Å². The molecule has 3 rings (SSSR count). The minimum Gasteiger partial charge on any atom is -0.469 e. The van der Waals surface area contributed by atoms with Gasteiger partial charge in [-0.05, 0) is 43.5 Å². The quantitative estimate of drug-likeness (QED) is 0.869. The molecule has 20 heavy (non-hydrogen) atoms. The van der Waals surface area contributed by atoms with Crippen LogP contribution < -0.4 is 5.73 Å². The first kappa shape index (κ1) is 12.8. The molecule has 1 aliphatic rings. The Kier molecular flexibility index (Phi) is 3.22. The van der Waals surface area contributed by atoms with Gasteiger partial charge in [0.2, 0.25) is 0 Å². The number of aryl methyl sites for hydroxylation is 1. The summed E-state index contributed by atoms with van der Waals surface area (Å²) < 4.78 is 5.24. The zero-order chi connectivity index (χ0) is 14.1. The average molecular weight is 270 g/mol. The second kappa shape index (κ2) is 5.04. The van der Waals surface area contributed by atoms with Crippen LogP contribution in [-0.4, -0.2) is 16.8 Å². The van der Waals surface area contributed by atoms with Gasteiger partial charge < -0.3 is 15.1 Å². The molecule has 0 bridgehead atoms. The minimum atomic E-state index is 0.0515. The van der Waals surface area contributed by atoms with Crippen LogP contribution in [0.5, 0.6) is 0 Å². The van der Waals surface area contributed by atoms with Crippen LogP contribution >= 0.6 is 0 Å². The summed E-state index contributed by atoms with van der Waals surface area (Å²) in [5, 5.41) is 0. The van der Waals surface area contributed by atoms with Crippen molar-refractivity contribution < 1.29 is 9.21 Å². The third-order valence-electron chi connectivity index (χ3n) is 3.67. The normalized spacial score (nSPS) is 14.2. The highest BCUT2D eigenvalue weighted by Crippen LogP contribution is 2.30. The smallest absolute Gasteiger partial charge is 0.257 e. The molecule has 1 aromatic carbocycles. The molecular formula is C16H18N2O2. The van der Waals surface area contributed by atoms with Gasteiger partial charge in [0.1, 0.15) is 5.76 Å². The minimum absolute atomic E-state index is 0.0515. The fraction of sp³-hybridized carbons (Fsp3) is 0.312. The zero-order valence-electron chi connectivity index (χ0n) is 11.5. The summed E-state index contributed by atoms with van der Waals surface area (Å²) in [6.07, 6.45) is 3.73. The van der Waals surface area contributed by atoms with Crippen LogP contribution in [0.3, 0.4) is 0 Å². The van der Waals surface area contributed by atoms with Gasteiger partial charge in [0.05, 0.1) is 11.8 Å². The van der Waals surface area contributed by atoms with Crippen molar-refractivity contribution in [2.45, 2.75) is 32.4 Å². The summed E-state index contributed by atoms with van der Waals surface area (Å²) in [6, 6.07) is 9.78. The molecule has 1 heterocycles. The molecular weight excluding hydrogens is 252 g/mol. The van der Waals surface area contributed by atoms with E-state index in [0.29, 0.717) is 23.9 Å². The fourth-order valence-electron chi connectivity index (χ4n) is 2.33. The Hall–Kier alpha value is -2.23. The molecule has 2 aromatic rings. The average Bonchev–Trinajstić information content (AvgIpc) is 3.19. The molecule has 0 radical (unpaired) electrons. The summed E-state index contributed by atoms with van der Waals surface area (Å²) in [7, 11) is 0. The monoisotopic (exact) mass is 270 g/mol. The van der Waals surface area contributed by atoms with Crippen LogP contribution in [0.2, 0.25) is 0 Å². The summed E-state index contributed by atoms with van der Waals surface area (Å²) in [5.41, 5.74) is 8.19. The predicted octanol–water partition coefficient (Wildman–Crippen LogP) is 2.98. The van der Waals surface area contributed by atoms with E-state index in [-0.39, 0.29) is 5.91 Å². The Morgan fingerprint density at radius 1 is 1.30 bits per heavy atom. The Morgan fingerprint density at radius 2 is 2.00 bits per heavy atom. The van der Waals surface area contributed by atoms with Crippen LogP contribution in [0.15, 0.2) is 41.0 Å². The maximum atomic E-state index is 12.6. The number of carbonyl (C=O) groups is 1. The molecule has 1 fully saturated rings. The van der Waals surface area contributed by atoms with Gasteiger partial charge in [-0.1, -0.05) is 12.1 Å². The molecule has 0 saturated heterocycles. The molecule has 1 aromatic heterocycles. The van der Waals surface area contributed by atoms with E-state index in [2.05, 4.69) is 0 Å². The van der Waals surface area contributed by atoms with Crippen molar-refractivity contribution in [2.24, 2.45) is 0 Å². The number of nitrogens with two attached hydrogens (primary N) is 1. The molecule has 0 aliphatic heterocycles. The van der Waals surface area contributed by atoms with Gasteiger partial charge in [0, 0.05) is 18.3 Å². The third kappa shape index (κ3) is 2.54. The number of hydrogen-bond donors (Lipinski definition) is 1. The number of anilines is 1. The van der Waals surface area contributed by atoms with Crippen LogP contribution in [0.1, 0.15) is 34.5 Å². The number of furan rings is 1. The first-order valence-corrected chi connectivity index (χ1v) is 6.84. The van der Waals surface area contributed by atoms with Crippen LogP contribution in [0.25, 0.3) is 0 Å². The van der Waals surface area contributed by atoms with Crippen molar-refractivity contribution in [3.63, 3.8) is 0 Å². The van der Waals surface area contributed by atoms with Gasteiger partial charge >= 0.3 is 0 Å². The Morgan fingerprint density at radius 3 is 2.55 bits per heavy atom. The summed E-state index contributed by atoms with van der Waals surface area (Å²) >= 11 is 0. The number of nitrogen functional groups attached to an aromatic ring is 1. The number of carbonyl (C=O) groups excluding carboxylic acids is 1. The van der Waals surface area contributed by atoms with E-state index in [1.54, 1.807) is 12.3 Å². The number of nitrogens with zero attached hydrogens (tertiary/aromatic N) is 1. The van der Waals surface area contributed by atoms with E-state index in [0.717, 1.165) is 24.1 Å². The van der Waals surface area contributed by atoms with E-state index >= 15 is 0 Å². The molecule has 1 amide bonds. The number of hydrogen-bond acceptors (Lipinski definition) is 3. The highest BCUT2D eigenvalue weighted by Gasteiger charge is 2.34. The molecule has 2 N–H and O–H groups in total. The highest BCUT2D eigenvalue weighted by molar-refractivity contribution is 5.95. The Labute approximate surface area is 118 Å². The summed E-state index contributed by atoms with van der Waals surface area (Å²) in [6.45, 7) is 2.44. The second-order valence-corrected chi connectivity index (χ2v) is 5.30. The lowest BCUT2D eigenvalue weighted by molar-refractivity contribution is 0.0728. The second-order valence-electron chi connectivity index (χ2n) is 5.30. The van der Waals surface area contributed by atoms with Crippen LogP contribution in [0, 0.1) is 6.92 Å². The standard InChI is InChI=1S/C16H18N2O2/c1-11-15(8-9-20-11)16(19)18(14-6-7-14)10-12-2-4-13(17)5-3-12/h2-5,8-9,14H,6-7,10,17H2,1H3. The van der Waals surface area contributed by atoms with E-state index in [9.17, 15) is 4.79 Å². The van der Waals surface area contributed by atoms with E-state index in [4.69, 9.17) is 10.2 Å². The number of amides is 1. The van der Waals surface area contributed by atoms with Gasteiger partial charge in [0.25, 0.3) is 5.91 Å². The van der Waals surface area contributed by atoms with E-state index in [1.165, 1.54) is 0 Å². The van der Waals surface area contributed by atoms with Crippen molar-refractivity contribution in [2.75, 3.05) is 5.73 Å². The van der Waals surface area contributed by atoms with Gasteiger partial charge in [-0.3, -0.25) is 4.79 Å². The first-order valence-electron chi connectivity index (χ1n) is 6.84. The molecule has 0 atom stereocenters. The van der Waals surface area contributed by atoms with Crippen molar-refractivity contribution in [1.82, 2.24) is 4.90 Å². The first-order chi connectivity index (χ1) is 9.65. The third-order valence-corrected chi connectivity index (χ3v) is 3.67. The van der Waals surface area contributed by atoms with E-state index in [1.807, 2.05) is 36.1 Å². The SMILES string of the molecule is Cc1occc1C(=O)N(Cc1ccc(N)cc1)C1CC1. The number of rotatable bonds is 4. The lowest BCUT2D eigenvalue weighted by Gasteiger charge is -2.22. The predicted molar refractivity (Wildman–Crippen MR) is 77.2 cm³/mol. The molecule has 4 heteroatoms. The van der Waals surface area contributed by atoms with Gasteiger partial charge in [-0.15, -0.1) is 0 Å². The fourth-order valence-corrected chi connectivity index (χ4v) is 2.33. The Balaban J connectivity index is 1.81. The van der Waals surface area contributed by atoms with Crippen molar-refractivity contribution in [3.05, 3.63) is 53.5 Å². The van der Waals surface area contributed by atoms with Crippen molar-refractivity contribution >= 4 is 11.6 Å². The topological polar surface area (TPSA) is 59.5 Å². The summed E-state index contributed by atoms with van der Waals surface area (Å²) in [5.74, 6) is 0.730. The molecule has 0 unspecified atom stereocenters. The Bertz CT molecular complexity index is 612. The summed E-state index contributed by atoms with van der Waals surface area (Å²) in [4.78, 5) is 14.6. The maximum absolute atomic E-state index is 12.6. The highest BCUT2D eigenvalue weighted by atomic mass is 16.3. The molecule has 1 saturated carbocycles. The van der Waals surface area contributed by atoms with Crippen molar-refractivity contribution in [3.8, 4) is 0 Å². The molecule has 0 spiro atoms. The van der Waals surface area contributed by atoms with Crippen molar-refractivity contribution in [1.29, 1.82) is 0 Å². The number of benzene rings is 1. The van der Waals surface area contributed by atoms with E-state index < -0.39 is 0 Å². The maximum Gasteiger partial charge on any atom is 0.257 e. The van der Waals surface area contributed by atoms with Gasteiger partial charge in [-0.2, -0.15) is 0 Å². The lowest BCUT2D eigenvalue weighted by atomic mass is 10.1. The van der Waals surface area contributed by atoms with Gasteiger partial charge in [0.15, 0.2) is 0 Å². The van der Waals surface area contributed by atoms with Crippen LogP contribution in [0.4, 0.5) is 5.69 Å². The molecule has 104 valence electrons. The molecule has 1 aliphatic carbocycles. The lowest BCUT2D eigenvalue weighted by Crippen LogP contribution is -2.32. The molecule has 4 nitrogen and oxygen atoms in total. The van der Waals surface area contributed by atoms with Crippen LogP contribution in [-0.2, 0) is 6.54 Å².